The number of hydrogen-bond donors (Lipinski definition) is 2. The van der Waals surface area contributed by atoms with Crippen LogP contribution in [0.5, 0.6) is 0 Å². The molecule has 2 aromatic rings. The van der Waals surface area contributed by atoms with E-state index in [4.69, 9.17) is 5.73 Å². The first-order valence-electron chi connectivity index (χ1n) is 4.05. The Hall–Kier alpha value is -2.03. The summed E-state index contributed by atoms with van der Waals surface area (Å²) in [5.74, 6) is -0.187. The number of anilines is 1. The summed E-state index contributed by atoms with van der Waals surface area (Å²) in [6.07, 6.45) is 0. The quantitative estimate of drug-likeness (QED) is 0.455. The van der Waals surface area contributed by atoms with Gasteiger partial charge < -0.3 is 5.73 Å². The van der Waals surface area contributed by atoms with Crippen molar-refractivity contribution in [3.8, 4) is 0 Å². The summed E-state index contributed by atoms with van der Waals surface area (Å²) < 4.78 is 0.742. The van der Waals surface area contributed by atoms with E-state index in [2.05, 4.69) is 26.0 Å². The van der Waals surface area contributed by atoms with Gasteiger partial charge in [0.25, 0.3) is 5.95 Å². The van der Waals surface area contributed by atoms with E-state index in [9.17, 15) is 15.0 Å². The number of nitro benzene ring substituents is 1. The van der Waals surface area contributed by atoms with Gasteiger partial charge in [-0.15, -0.1) is 0 Å². The Bertz CT molecular complexity index is 652. The monoisotopic (exact) mass is 286 g/mol. The number of halogens is 1. The van der Waals surface area contributed by atoms with Crippen LogP contribution in [0.3, 0.4) is 0 Å². The zero-order valence-electron chi connectivity index (χ0n) is 7.68. The predicted octanol–water partition coefficient (Wildman–Crippen LogP) is 0.730. The molecule has 9 heteroatoms. The fourth-order valence-electron chi connectivity index (χ4n) is 1.29. The van der Waals surface area contributed by atoms with Crippen LogP contribution in [-0.2, 0) is 0 Å². The van der Waals surface area contributed by atoms with Crippen molar-refractivity contribution in [1.29, 1.82) is 0 Å². The van der Waals surface area contributed by atoms with Gasteiger partial charge in [0, 0.05) is 16.6 Å². The van der Waals surface area contributed by atoms with E-state index in [0.29, 0.717) is 9.01 Å². The third-order valence-electron chi connectivity index (χ3n) is 1.90. The van der Waals surface area contributed by atoms with Crippen molar-refractivity contribution in [2.24, 2.45) is 0 Å². The number of rotatable bonds is 1. The Morgan fingerprint density at radius 3 is 2.88 bits per heavy atom. The standard InChI is InChI=1S/C7H5BrN5O3/c8-3-1-4-6(5(2-3)13(15)16)10-7(9)11-12(4)14/h1-2H,(H3,9,10,11,14)/q+1. The minimum absolute atomic E-state index is 0.0373. The van der Waals surface area contributed by atoms with Gasteiger partial charge in [-0.25, -0.2) is 0 Å². The van der Waals surface area contributed by atoms with E-state index in [1.807, 2.05) is 0 Å². The lowest BCUT2D eigenvalue weighted by atomic mass is 10.2. The highest BCUT2D eigenvalue weighted by atomic mass is 79.9. The van der Waals surface area contributed by atoms with Gasteiger partial charge in [-0.05, 0) is 0 Å². The molecule has 0 bridgehead atoms. The van der Waals surface area contributed by atoms with Crippen LogP contribution < -0.4 is 10.3 Å². The molecule has 0 fully saturated rings. The maximum atomic E-state index is 11.4. The summed E-state index contributed by atoms with van der Waals surface area (Å²) >= 11 is 3.07. The van der Waals surface area contributed by atoms with E-state index < -0.39 is 4.92 Å². The number of non-ortho nitro benzene ring substituents is 1. The SMILES string of the molecule is Nc1nc2c([N+](=O)[O-])cc(Br)cc2[n+](=O)[nH]1. The number of nitrogens with one attached hydrogen (secondary N) is 1. The van der Waals surface area contributed by atoms with Crippen LogP contribution in [-0.4, -0.2) is 15.0 Å². The van der Waals surface area contributed by atoms with E-state index in [1.54, 1.807) is 0 Å². The maximum Gasteiger partial charge on any atom is 0.326 e. The second-order valence-electron chi connectivity index (χ2n) is 2.95. The Morgan fingerprint density at radius 1 is 1.56 bits per heavy atom. The first kappa shape index (κ1) is 10.5. The van der Waals surface area contributed by atoms with Gasteiger partial charge >= 0.3 is 11.2 Å². The smallest absolute Gasteiger partial charge is 0.326 e. The number of nitrogens with zero attached hydrogens (tertiary/aromatic N) is 3. The molecule has 0 aliphatic heterocycles. The van der Waals surface area contributed by atoms with Crippen molar-refractivity contribution in [2.75, 3.05) is 5.73 Å². The number of hydrogen-bond acceptors (Lipinski definition) is 5. The molecule has 8 nitrogen and oxygen atoms in total. The molecule has 0 radical (unpaired) electrons. The Labute approximate surface area is 96.0 Å². The van der Waals surface area contributed by atoms with Crippen LogP contribution in [0.2, 0.25) is 0 Å². The van der Waals surface area contributed by atoms with Gasteiger partial charge in [0.15, 0.2) is 4.54 Å². The van der Waals surface area contributed by atoms with Crippen LogP contribution in [0, 0.1) is 15.0 Å². The summed E-state index contributed by atoms with van der Waals surface area (Å²) in [6, 6.07) is 2.67. The largest absolute Gasteiger partial charge is 0.365 e. The summed E-state index contributed by atoms with van der Waals surface area (Å²) in [5.41, 5.74) is 5.01. The average molecular weight is 287 g/mol. The number of nitro groups is 1. The summed E-state index contributed by atoms with van der Waals surface area (Å²) in [5, 5.41) is 13.0. The van der Waals surface area contributed by atoms with E-state index in [0.717, 1.165) is 0 Å². The minimum Gasteiger partial charge on any atom is -0.365 e. The van der Waals surface area contributed by atoms with Crippen LogP contribution in [0.1, 0.15) is 0 Å². The molecule has 2 rings (SSSR count). The lowest BCUT2D eigenvalue weighted by Gasteiger charge is -1.95. The molecule has 1 heterocycles. The fourth-order valence-corrected chi connectivity index (χ4v) is 1.72. The second-order valence-corrected chi connectivity index (χ2v) is 3.87. The van der Waals surface area contributed by atoms with Gasteiger partial charge in [0.1, 0.15) is 0 Å². The summed E-state index contributed by atoms with van der Waals surface area (Å²) in [6.45, 7) is 0. The summed E-state index contributed by atoms with van der Waals surface area (Å²) in [7, 11) is 0. The van der Waals surface area contributed by atoms with Crippen LogP contribution in [0.25, 0.3) is 11.0 Å². The van der Waals surface area contributed by atoms with E-state index in [-0.39, 0.29) is 22.7 Å². The number of aromatic amines is 1. The van der Waals surface area contributed by atoms with E-state index >= 15 is 0 Å². The molecule has 0 saturated carbocycles. The van der Waals surface area contributed by atoms with Gasteiger partial charge in [0.05, 0.1) is 9.83 Å². The number of nitrogen functional groups attached to an aromatic ring is 1. The molecule has 1 aromatic carbocycles. The molecule has 0 spiro atoms. The molecule has 1 aromatic heterocycles. The van der Waals surface area contributed by atoms with Crippen molar-refractivity contribution in [2.45, 2.75) is 0 Å². The number of nitrogens with two attached hydrogens (primary N) is 1. The molecular weight excluding hydrogens is 282 g/mol. The van der Waals surface area contributed by atoms with Crippen molar-refractivity contribution in [3.05, 3.63) is 31.6 Å². The highest BCUT2D eigenvalue weighted by molar-refractivity contribution is 9.10. The van der Waals surface area contributed by atoms with Gasteiger partial charge in [-0.3, -0.25) is 10.1 Å². The first-order chi connectivity index (χ1) is 7.49. The molecule has 82 valence electrons. The maximum absolute atomic E-state index is 11.4. The van der Waals surface area contributed by atoms with Crippen molar-refractivity contribution >= 4 is 38.6 Å². The van der Waals surface area contributed by atoms with Gasteiger partial charge in [0.2, 0.25) is 5.52 Å². The normalized spacial score (nSPS) is 10.6. The van der Waals surface area contributed by atoms with Gasteiger partial charge in [-0.1, -0.05) is 21.0 Å². The molecule has 0 aliphatic rings. The molecular formula is C7H5BrN5O3+. The number of fused-ring (bicyclic) bond motifs is 1. The second kappa shape index (κ2) is 3.52. The molecule has 0 aliphatic carbocycles. The average Bonchev–Trinajstić information content (AvgIpc) is 2.18. The van der Waals surface area contributed by atoms with Crippen LogP contribution >= 0.6 is 15.9 Å². The number of aromatic nitrogens is 3. The molecule has 0 unspecified atom stereocenters. The topological polar surface area (TPSA) is 121 Å². The number of benzene rings is 1. The molecule has 16 heavy (non-hydrogen) atoms. The van der Waals surface area contributed by atoms with Crippen LogP contribution in [0.15, 0.2) is 16.6 Å². The molecule has 0 saturated heterocycles. The Balaban J connectivity index is 3.01. The van der Waals surface area contributed by atoms with Crippen molar-refractivity contribution in [3.63, 3.8) is 0 Å². The zero-order chi connectivity index (χ0) is 11.9. The highest BCUT2D eigenvalue weighted by Gasteiger charge is 2.22. The Kier molecular flexibility index (Phi) is 2.31. The lowest BCUT2D eigenvalue weighted by molar-refractivity contribution is -0.535. The zero-order valence-corrected chi connectivity index (χ0v) is 9.26. The first-order valence-corrected chi connectivity index (χ1v) is 4.84. The summed E-state index contributed by atoms with van der Waals surface area (Å²) in [4.78, 5) is 25.3. The molecule has 0 amide bonds. The van der Waals surface area contributed by atoms with Crippen molar-refractivity contribution in [1.82, 2.24) is 10.1 Å². The Morgan fingerprint density at radius 2 is 2.25 bits per heavy atom. The predicted molar refractivity (Wildman–Crippen MR) is 58.2 cm³/mol. The van der Waals surface area contributed by atoms with E-state index in [1.165, 1.54) is 12.1 Å². The lowest BCUT2D eigenvalue weighted by Crippen LogP contribution is -2.23. The van der Waals surface area contributed by atoms with Crippen LogP contribution in [0.4, 0.5) is 11.6 Å². The molecule has 0 atom stereocenters. The third-order valence-corrected chi connectivity index (χ3v) is 2.36. The van der Waals surface area contributed by atoms with Gasteiger partial charge in [-0.2, -0.15) is 4.98 Å². The van der Waals surface area contributed by atoms with Crippen molar-refractivity contribution < 1.29 is 9.47 Å². The highest BCUT2D eigenvalue weighted by Crippen LogP contribution is 2.26. The minimum atomic E-state index is -0.625. The third kappa shape index (κ3) is 1.60. The number of H-pyrrole nitrogens is 1. The molecule has 3 N–H and O–H groups in total. The fraction of sp³-hybridized carbons (Fsp3) is 0.